The van der Waals surface area contributed by atoms with E-state index in [2.05, 4.69) is 21.7 Å². The van der Waals surface area contributed by atoms with Crippen molar-refractivity contribution >= 4 is 17.8 Å². The molecule has 1 saturated heterocycles. The van der Waals surface area contributed by atoms with Crippen LogP contribution in [0.2, 0.25) is 0 Å². The second kappa shape index (κ2) is 7.56. The number of pyridine rings is 1. The van der Waals surface area contributed by atoms with Crippen molar-refractivity contribution in [2.75, 3.05) is 25.0 Å². The van der Waals surface area contributed by atoms with Gasteiger partial charge >= 0.3 is 6.03 Å². The number of hydrogen-bond acceptors (Lipinski definition) is 6. The third-order valence-electron chi connectivity index (χ3n) is 3.98. The maximum atomic E-state index is 11.8. The molecule has 1 aromatic rings. The van der Waals surface area contributed by atoms with Crippen LogP contribution in [0.3, 0.4) is 0 Å². The maximum Gasteiger partial charge on any atom is 0.318 e. The Morgan fingerprint density at radius 1 is 1.61 bits per heavy atom. The molecule has 1 aliphatic heterocycles. The summed E-state index contributed by atoms with van der Waals surface area (Å²) in [6.45, 7) is 3.93. The molecule has 23 heavy (non-hydrogen) atoms. The van der Waals surface area contributed by atoms with Gasteiger partial charge in [-0.05, 0) is 37.9 Å². The summed E-state index contributed by atoms with van der Waals surface area (Å²) in [5.41, 5.74) is 5.47. The summed E-state index contributed by atoms with van der Waals surface area (Å²) >= 11 is 0. The summed E-state index contributed by atoms with van der Waals surface area (Å²) in [7, 11) is 0. The first kappa shape index (κ1) is 16.7. The normalized spacial score (nSPS) is 18.9. The summed E-state index contributed by atoms with van der Waals surface area (Å²) in [4.78, 5) is 28.7. The molecule has 3 amide bonds. The van der Waals surface area contributed by atoms with Crippen LogP contribution in [0.5, 0.6) is 0 Å². The summed E-state index contributed by atoms with van der Waals surface area (Å²) in [6.07, 6.45) is 2.57. The summed E-state index contributed by atoms with van der Waals surface area (Å²) < 4.78 is 0. The fourth-order valence-electron chi connectivity index (χ4n) is 2.65. The van der Waals surface area contributed by atoms with Crippen molar-refractivity contribution in [3.05, 3.63) is 23.9 Å². The first-order chi connectivity index (χ1) is 11.0. The molecule has 2 rings (SSSR count). The van der Waals surface area contributed by atoms with Crippen LogP contribution < -0.4 is 16.4 Å². The number of likely N-dealkylation sites (tertiary alicyclic amines) is 1. The number of nitriles is 1. The minimum atomic E-state index is -0.835. The van der Waals surface area contributed by atoms with E-state index in [1.54, 1.807) is 25.3 Å². The van der Waals surface area contributed by atoms with Crippen LogP contribution in [-0.2, 0) is 4.79 Å². The third kappa shape index (κ3) is 4.40. The van der Waals surface area contributed by atoms with E-state index in [-0.39, 0.29) is 5.91 Å². The van der Waals surface area contributed by atoms with E-state index >= 15 is 0 Å². The first-order valence-corrected chi connectivity index (χ1v) is 7.44. The number of carbonyl (C=O) groups excluding carboxylic acids is 2. The van der Waals surface area contributed by atoms with Gasteiger partial charge in [-0.3, -0.25) is 15.0 Å². The number of urea groups is 1. The molecule has 0 saturated carbocycles. The second-order valence-corrected chi connectivity index (χ2v) is 5.57. The van der Waals surface area contributed by atoms with Gasteiger partial charge in [0.25, 0.3) is 0 Å². The lowest BCUT2D eigenvalue weighted by atomic mass is 10.1. The molecule has 8 heteroatoms. The summed E-state index contributed by atoms with van der Waals surface area (Å²) in [5.74, 6) is 0.531. The molecular weight excluding hydrogens is 296 g/mol. The van der Waals surface area contributed by atoms with E-state index in [9.17, 15) is 9.59 Å². The maximum absolute atomic E-state index is 11.8. The monoisotopic (exact) mass is 316 g/mol. The van der Waals surface area contributed by atoms with Crippen LogP contribution in [0.25, 0.3) is 0 Å². The van der Waals surface area contributed by atoms with E-state index in [1.807, 2.05) is 4.90 Å². The molecule has 0 unspecified atom stereocenters. The summed E-state index contributed by atoms with van der Waals surface area (Å²) in [6, 6.07) is 4.30. The number of amides is 3. The van der Waals surface area contributed by atoms with Crippen molar-refractivity contribution in [3.63, 3.8) is 0 Å². The SMILES string of the molecule is C[C@@H](C(=O)NC(N)=O)N1CC[C@@H](CNc2ncccc2C#N)C1. The van der Waals surface area contributed by atoms with Gasteiger partial charge in [-0.15, -0.1) is 0 Å². The molecular formula is C15H20N6O2. The number of primary amides is 1. The lowest BCUT2D eigenvalue weighted by molar-refractivity contribution is -0.124. The van der Waals surface area contributed by atoms with Crippen LogP contribution in [0, 0.1) is 17.2 Å². The minimum Gasteiger partial charge on any atom is -0.369 e. The minimum absolute atomic E-state index is 0.340. The topological polar surface area (TPSA) is 124 Å². The Labute approximate surface area is 134 Å². The Bertz CT molecular complexity index is 627. The zero-order chi connectivity index (χ0) is 16.8. The molecule has 0 aliphatic carbocycles. The molecule has 1 aliphatic rings. The molecule has 8 nitrogen and oxygen atoms in total. The van der Waals surface area contributed by atoms with Gasteiger partial charge in [0.1, 0.15) is 11.9 Å². The number of aromatic nitrogens is 1. The molecule has 2 atom stereocenters. The second-order valence-electron chi connectivity index (χ2n) is 5.57. The lowest BCUT2D eigenvalue weighted by Crippen LogP contribution is -2.47. The van der Waals surface area contributed by atoms with Crippen molar-refractivity contribution in [2.24, 2.45) is 11.7 Å². The van der Waals surface area contributed by atoms with E-state index in [4.69, 9.17) is 11.0 Å². The van der Waals surface area contributed by atoms with Gasteiger partial charge in [0, 0.05) is 19.3 Å². The smallest absolute Gasteiger partial charge is 0.318 e. The van der Waals surface area contributed by atoms with Gasteiger partial charge in [0.15, 0.2) is 0 Å². The first-order valence-electron chi connectivity index (χ1n) is 7.44. The number of hydrogen-bond donors (Lipinski definition) is 3. The predicted octanol–water partition coefficient (Wildman–Crippen LogP) is 0.270. The fraction of sp³-hybridized carbons (Fsp3) is 0.467. The molecule has 122 valence electrons. The quantitative estimate of drug-likeness (QED) is 0.716. The third-order valence-corrected chi connectivity index (χ3v) is 3.98. The van der Waals surface area contributed by atoms with Crippen molar-refractivity contribution < 1.29 is 9.59 Å². The highest BCUT2D eigenvalue weighted by molar-refractivity contribution is 5.96. The molecule has 2 heterocycles. The largest absolute Gasteiger partial charge is 0.369 e. The van der Waals surface area contributed by atoms with Crippen LogP contribution >= 0.6 is 0 Å². The Balaban J connectivity index is 1.85. The van der Waals surface area contributed by atoms with E-state index in [0.717, 1.165) is 19.5 Å². The van der Waals surface area contributed by atoms with Gasteiger partial charge in [0.2, 0.25) is 5.91 Å². The molecule has 1 fully saturated rings. The number of imide groups is 1. The predicted molar refractivity (Wildman–Crippen MR) is 84.3 cm³/mol. The number of nitrogens with one attached hydrogen (secondary N) is 2. The summed E-state index contributed by atoms with van der Waals surface area (Å²) in [5, 5.41) is 14.3. The zero-order valence-electron chi connectivity index (χ0n) is 13.0. The highest BCUT2D eigenvalue weighted by Crippen LogP contribution is 2.20. The van der Waals surface area contributed by atoms with Crippen LogP contribution in [0.1, 0.15) is 18.9 Å². The van der Waals surface area contributed by atoms with Crippen molar-refractivity contribution in [1.82, 2.24) is 15.2 Å². The number of carbonyl (C=O) groups is 2. The highest BCUT2D eigenvalue weighted by atomic mass is 16.2. The molecule has 1 aromatic heterocycles. The zero-order valence-corrected chi connectivity index (χ0v) is 13.0. The Morgan fingerprint density at radius 2 is 2.39 bits per heavy atom. The molecule has 0 spiro atoms. The highest BCUT2D eigenvalue weighted by Gasteiger charge is 2.30. The molecule has 4 N–H and O–H groups in total. The van der Waals surface area contributed by atoms with Gasteiger partial charge < -0.3 is 11.1 Å². The van der Waals surface area contributed by atoms with Crippen molar-refractivity contribution in [3.8, 4) is 6.07 Å². The molecule has 0 bridgehead atoms. The average Bonchev–Trinajstić information content (AvgIpc) is 3.00. The lowest BCUT2D eigenvalue weighted by Gasteiger charge is -2.22. The van der Waals surface area contributed by atoms with Gasteiger partial charge in [-0.1, -0.05) is 0 Å². The Morgan fingerprint density at radius 3 is 3.09 bits per heavy atom. The van der Waals surface area contributed by atoms with Gasteiger partial charge in [0.05, 0.1) is 11.6 Å². The average molecular weight is 316 g/mol. The number of nitrogens with two attached hydrogens (primary N) is 1. The van der Waals surface area contributed by atoms with E-state index in [0.29, 0.717) is 23.8 Å². The Hall–Kier alpha value is -2.66. The standard InChI is InChI=1S/C15H20N6O2/c1-10(14(22)20-15(17)23)21-6-4-11(9-21)8-19-13-12(7-16)3-2-5-18-13/h2-3,5,10-11H,4,6,8-9H2,1H3,(H,18,19)(H3,17,20,22,23)/t10-,11-/m0/s1. The molecule has 0 aromatic carbocycles. The van der Waals surface area contributed by atoms with Crippen LogP contribution in [0.4, 0.5) is 10.6 Å². The molecule has 0 radical (unpaired) electrons. The van der Waals surface area contributed by atoms with Gasteiger partial charge in [-0.25, -0.2) is 9.78 Å². The number of rotatable bonds is 5. The van der Waals surface area contributed by atoms with Crippen LogP contribution in [-0.4, -0.2) is 47.5 Å². The number of nitrogens with zero attached hydrogens (tertiary/aromatic N) is 3. The fourth-order valence-corrected chi connectivity index (χ4v) is 2.65. The van der Waals surface area contributed by atoms with E-state index in [1.165, 1.54) is 0 Å². The Kier molecular flexibility index (Phi) is 5.49. The van der Waals surface area contributed by atoms with Crippen molar-refractivity contribution in [1.29, 1.82) is 5.26 Å². The van der Waals surface area contributed by atoms with E-state index < -0.39 is 12.1 Å². The van der Waals surface area contributed by atoms with Crippen molar-refractivity contribution in [2.45, 2.75) is 19.4 Å². The van der Waals surface area contributed by atoms with Crippen LogP contribution in [0.15, 0.2) is 18.3 Å². The number of anilines is 1. The van der Waals surface area contributed by atoms with Gasteiger partial charge in [-0.2, -0.15) is 5.26 Å².